The highest BCUT2D eigenvalue weighted by Gasteiger charge is 2.49. The van der Waals surface area contributed by atoms with Crippen LogP contribution in [0.5, 0.6) is 0 Å². The second kappa shape index (κ2) is 24.6. The maximum Gasteiger partial charge on any atom is 0.501 e. The minimum absolute atomic E-state index is 0.00886. The molecule has 4 aromatic rings. The van der Waals surface area contributed by atoms with E-state index in [4.69, 9.17) is 11.6 Å². The van der Waals surface area contributed by atoms with Crippen LogP contribution in [-0.4, -0.2) is 139 Å². The number of hydrogen-bond acceptors (Lipinski definition) is 12. The van der Waals surface area contributed by atoms with Gasteiger partial charge in [0.15, 0.2) is 0 Å². The van der Waals surface area contributed by atoms with Crippen LogP contribution >= 0.6 is 23.4 Å². The number of anilines is 2. The van der Waals surface area contributed by atoms with E-state index in [2.05, 4.69) is 51.3 Å². The van der Waals surface area contributed by atoms with Crippen LogP contribution in [0.25, 0.3) is 5.57 Å². The van der Waals surface area contributed by atoms with Crippen molar-refractivity contribution in [2.45, 2.75) is 104 Å². The maximum atomic E-state index is 14.5. The SMILES string of the molecule is CC1(C)CCC(c2ccc(Cl)cc2)=C(CN2CCN(c3ccc(C(=O)NS(=O)(=O)c4ccc(N[C@H](CCN5CCN(C(=O)C6CCC7(CCNCC7)CC6)CC5)CSc5ccccc5)c(S(=O)(=O)C(F)(F)F)c4)cc3)CC2)C1. The molecule has 422 valence electrons. The Morgan fingerprint density at radius 2 is 1.45 bits per heavy atom. The standard InChI is InChI=1S/C58H73ClF3N7O6S3/c1-56(2)22-20-51(42-8-12-46(59)13-9-42)45(39-56)40-67-32-34-68(35-33-67)48-14-10-43(11-15-48)54(70)65-78(74,75)50-16-17-52(53(38-50)77(72,73)58(60,61)62)64-47(41-76-49-6-4-3-5-7-49)21-29-66-30-36-69(37-31-66)55(71)44-18-23-57(24-19-44)25-27-63-28-26-57/h3-17,38,44,47,63-64H,18-37,39-41H2,1-2H3,(H,65,70)/t47-/m1/s1. The van der Waals surface area contributed by atoms with Gasteiger partial charge in [0, 0.05) is 104 Å². The zero-order chi connectivity index (χ0) is 55.3. The van der Waals surface area contributed by atoms with Crippen molar-refractivity contribution in [3.8, 4) is 0 Å². The van der Waals surface area contributed by atoms with Gasteiger partial charge in [-0.25, -0.2) is 21.6 Å². The zero-order valence-corrected chi connectivity index (χ0v) is 47.8. The first-order chi connectivity index (χ1) is 37.2. The number of carbonyl (C=O) groups excluding carboxylic acids is 2. The van der Waals surface area contributed by atoms with Crippen LogP contribution in [-0.2, 0) is 24.7 Å². The summed E-state index contributed by atoms with van der Waals surface area (Å²) < 4.78 is 99.5. The van der Waals surface area contributed by atoms with Crippen molar-refractivity contribution in [3.63, 3.8) is 0 Å². The number of piperidine rings is 1. The molecule has 0 aromatic heterocycles. The van der Waals surface area contributed by atoms with Crippen molar-refractivity contribution in [2.75, 3.05) is 94.5 Å². The Bertz CT molecular complexity index is 2990. The molecule has 20 heteroatoms. The van der Waals surface area contributed by atoms with Crippen molar-refractivity contribution in [1.82, 2.24) is 24.7 Å². The van der Waals surface area contributed by atoms with Gasteiger partial charge in [0.2, 0.25) is 5.91 Å². The summed E-state index contributed by atoms with van der Waals surface area (Å²) in [6.45, 7) is 13.5. The topological polar surface area (TPSA) is 151 Å². The number of benzene rings is 4. The number of piperazine rings is 2. The summed E-state index contributed by atoms with van der Waals surface area (Å²) in [5.41, 5.74) is -0.728. The molecule has 9 rings (SSSR count). The molecular weight excluding hydrogens is 1080 g/mol. The van der Waals surface area contributed by atoms with Gasteiger partial charge in [-0.15, -0.1) is 11.8 Å². The average Bonchev–Trinajstić information content (AvgIpc) is 3.46. The number of sulfonamides is 1. The van der Waals surface area contributed by atoms with Crippen molar-refractivity contribution < 1.29 is 39.6 Å². The van der Waals surface area contributed by atoms with E-state index in [0.29, 0.717) is 61.4 Å². The number of nitrogens with zero attached hydrogens (tertiary/aromatic N) is 4. The zero-order valence-electron chi connectivity index (χ0n) is 44.6. The third kappa shape index (κ3) is 14.3. The molecule has 1 saturated carbocycles. The van der Waals surface area contributed by atoms with Gasteiger partial charge in [-0.3, -0.25) is 19.4 Å². The number of thioether (sulfide) groups is 1. The van der Waals surface area contributed by atoms with Crippen LogP contribution in [0.2, 0.25) is 5.02 Å². The molecule has 3 aliphatic heterocycles. The van der Waals surface area contributed by atoms with Crippen molar-refractivity contribution >= 4 is 72.0 Å². The van der Waals surface area contributed by atoms with Crippen molar-refractivity contribution in [1.29, 1.82) is 0 Å². The second-order valence-electron chi connectivity index (χ2n) is 22.7. The molecule has 2 amide bonds. The highest BCUT2D eigenvalue weighted by atomic mass is 35.5. The molecule has 0 bridgehead atoms. The van der Waals surface area contributed by atoms with Crippen LogP contribution in [0, 0.1) is 16.7 Å². The number of allylic oxidation sites excluding steroid dienone is 1. The Labute approximate surface area is 468 Å². The quantitative estimate of drug-likeness (QED) is 0.0864. The first-order valence-corrected chi connectivity index (χ1v) is 31.7. The average molecular weight is 1150 g/mol. The summed E-state index contributed by atoms with van der Waals surface area (Å²) in [5.74, 6) is -0.442. The molecule has 4 fully saturated rings. The summed E-state index contributed by atoms with van der Waals surface area (Å²) in [6, 6.07) is 25.8. The predicted molar refractivity (Wildman–Crippen MR) is 304 cm³/mol. The van der Waals surface area contributed by atoms with E-state index in [0.717, 1.165) is 113 Å². The molecule has 5 aliphatic rings. The lowest BCUT2D eigenvalue weighted by Gasteiger charge is -2.44. The van der Waals surface area contributed by atoms with E-state index in [1.54, 1.807) is 12.1 Å². The highest BCUT2D eigenvalue weighted by Crippen LogP contribution is 2.46. The third-order valence-electron chi connectivity index (χ3n) is 16.8. The molecule has 0 unspecified atom stereocenters. The molecule has 3 saturated heterocycles. The van der Waals surface area contributed by atoms with Gasteiger partial charge in [0.25, 0.3) is 25.8 Å². The molecule has 1 atom stereocenters. The van der Waals surface area contributed by atoms with Gasteiger partial charge in [-0.05, 0) is 166 Å². The molecule has 13 nitrogen and oxygen atoms in total. The van der Waals surface area contributed by atoms with Crippen molar-refractivity contribution in [3.05, 3.63) is 119 Å². The first-order valence-electron chi connectivity index (χ1n) is 27.4. The number of carbonyl (C=O) groups is 2. The summed E-state index contributed by atoms with van der Waals surface area (Å²) in [5, 5.41) is 7.22. The summed E-state index contributed by atoms with van der Waals surface area (Å²) in [6.07, 6.45) is 9.88. The fourth-order valence-corrected chi connectivity index (χ4v) is 15.2. The smallest absolute Gasteiger partial charge is 0.380 e. The van der Waals surface area contributed by atoms with Gasteiger partial charge < -0.3 is 20.4 Å². The minimum Gasteiger partial charge on any atom is -0.380 e. The number of hydrogen-bond donors (Lipinski definition) is 3. The van der Waals surface area contributed by atoms with Crippen LogP contribution in [0.4, 0.5) is 24.5 Å². The summed E-state index contributed by atoms with van der Waals surface area (Å²) in [4.78, 5) is 34.8. The number of rotatable bonds is 17. The van der Waals surface area contributed by atoms with E-state index in [9.17, 15) is 39.6 Å². The van der Waals surface area contributed by atoms with Crippen LogP contribution in [0.15, 0.2) is 117 Å². The monoisotopic (exact) mass is 1150 g/mol. The Morgan fingerprint density at radius 3 is 2.10 bits per heavy atom. The fraction of sp³-hybridized carbons (Fsp3) is 0.517. The van der Waals surface area contributed by atoms with Crippen LogP contribution in [0.3, 0.4) is 0 Å². The molecule has 3 heterocycles. The largest absolute Gasteiger partial charge is 0.501 e. The molecule has 3 N–H and O–H groups in total. The molecular formula is C58H73ClF3N7O6S3. The van der Waals surface area contributed by atoms with Crippen molar-refractivity contribution in [2.24, 2.45) is 16.7 Å². The van der Waals surface area contributed by atoms with Gasteiger partial charge in [0.1, 0.15) is 4.90 Å². The number of alkyl halides is 3. The molecule has 0 radical (unpaired) electrons. The highest BCUT2D eigenvalue weighted by molar-refractivity contribution is 7.99. The van der Waals surface area contributed by atoms with E-state index in [1.165, 1.54) is 53.4 Å². The minimum atomic E-state index is -6.11. The molecule has 4 aromatic carbocycles. The maximum absolute atomic E-state index is 14.5. The van der Waals surface area contributed by atoms with Gasteiger partial charge in [-0.2, -0.15) is 13.2 Å². The Hall–Kier alpha value is -4.63. The first kappa shape index (κ1) is 58.0. The van der Waals surface area contributed by atoms with Crippen LogP contribution < -0.4 is 20.3 Å². The number of amides is 2. The van der Waals surface area contributed by atoms with Gasteiger partial charge in [-0.1, -0.05) is 61.4 Å². The number of nitrogens with one attached hydrogen (secondary N) is 3. The summed E-state index contributed by atoms with van der Waals surface area (Å²) in [7, 11) is -11.0. The Kier molecular flexibility index (Phi) is 18.3. The lowest BCUT2D eigenvalue weighted by Crippen LogP contribution is -2.51. The molecule has 78 heavy (non-hydrogen) atoms. The predicted octanol–water partition coefficient (Wildman–Crippen LogP) is 10.2. The summed E-state index contributed by atoms with van der Waals surface area (Å²) >= 11 is 7.66. The number of halogens is 4. The second-order valence-corrected chi connectivity index (χ2v) is 27.8. The van der Waals surface area contributed by atoms with Gasteiger partial charge in [0.05, 0.1) is 10.6 Å². The normalized spacial score (nSPS) is 20.4. The van der Waals surface area contributed by atoms with E-state index in [1.807, 2.05) is 52.1 Å². The number of sulfone groups is 1. The fourth-order valence-electron chi connectivity index (χ4n) is 12.1. The molecule has 2 aliphatic carbocycles. The van der Waals surface area contributed by atoms with Crippen LogP contribution in [0.1, 0.15) is 94.0 Å². The Morgan fingerprint density at radius 1 is 0.795 bits per heavy atom. The lowest BCUT2D eigenvalue weighted by molar-refractivity contribution is -0.139. The molecule has 1 spiro atoms. The lowest BCUT2D eigenvalue weighted by atomic mass is 9.65. The third-order valence-corrected chi connectivity index (χ3v) is 21.1. The van der Waals surface area contributed by atoms with E-state index < -0.39 is 52.8 Å². The van der Waals surface area contributed by atoms with E-state index in [-0.39, 0.29) is 22.8 Å². The van der Waals surface area contributed by atoms with E-state index >= 15 is 0 Å². The van der Waals surface area contributed by atoms with Gasteiger partial charge >= 0.3 is 5.51 Å². The Balaban J connectivity index is 0.829.